The Morgan fingerprint density at radius 3 is 2.38 bits per heavy atom. The molecule has 1 atom stereocenters. The third-order valence-electron chi connectivity index (χ3n) is 2.45. The molecule has 0 aromatic heterocycles. The molecule has 1 aliphatic carbocycles. The fourth-order valence-corrected chi connectivity index (χ4v) is 1.47. The van der Waals surface area contributed by atoms with E-state index in [9.17, 15) is 20.1 Å². The Morgan fingerprint density at radius 2 is 1.94 bits per heavy atom. The Hall–Kier alpha value is -1.05. The van der Waals surface area contributed by atoms with E-state index in [4.69, 9.17) is 9.47 Å². The number of carbonyl (C=O) groups excluding carboxylic acids is 1. The molecule has 0 fully saturated rings. The fraction of sp³-hybridized carbons (Fsp3) is 0.500. The Morgan fingerprint density at radius 1 is 1.38 bits per heavy atom. The zero-order valence-corrected chi connectivity index (χ0v) is 8.95. The van der Waals surface area contributed by atoms with Gasteiger partial charge in [0.15, 0.2) is 6.29 Å². The van der Waals surface area contributed by atoms with Crippen LogP contribution in [0.3, 0.4) is 0 Å². The molecule has 3 N–H and O–H groups in total. The van der Waals surface area contributed by atoms with Gasteiger partial charge in [-0.1, -0.05) is 6.08 Å². The van der Waals surface area contributed by atoms with E-state index >= 15 is 0 Å². The average Bonchev–Trinajstić information content (AvgIpc) is 2.28. The van der Waals surface area contributed by atoms with Gasteiger partial charge < -0.3 is 29.6 Å². The summed E-state index contributed by atoms with van der Waals surface area (Å²) < 4.78 is 9.78. The molecule has 1 aliphatic rings. The van der Waals surface area contributed by atoms with Crippen molar-refractivity contribution in [3.05, 3.63) is 23.8 Å². The lowest BCUT2D eigenvalue weighted by Gasteiger charge is -2.39. The number of hydrogen-bond acceptors (Lipinski definition) is 6. The minimum Gasteiger partial charge on any atom is -0.381 e. The van der Waals surface area contributed by atoms with Crippen LogP contribution in [0.15, 0.2) is 23.8 Å². The van der Waals surface area contributed by atoms with Crippen LogP contribution in [0.4, 0.5) is 0 Å². The first-order valence-electron chi connectivity index (χ1n) is 4.53. The maximum Gasteiger partial charge on any atom is 0.248 e. The summed E-state index contributed by atoms with van der Waals surface area (Å²) in [5.41, 5.74) is 0.164. The van der Waals surface area contributed by atoms with Gasteiger partial charge in [0.2, 0.25) is 11.6 Å². The van der Waals surface area contributed by atoms with Crippen LogP contribution in [0.2, 0.25) is 0 Å². The van der Waals surface area contributed by atoms with E-state index in [0.717, 1.165) is 12.2 Å². The predicted molar refractivity (Wildman–Crippen MR) is 53.2 cm³/mol. The summed E-state index contributed by atoms with van der Waals surface area (Å²) in [4.78, 5) is 10.4. The number of ether oxygens (including phenoxy) is 2. The van der Waals surface area contributed by atoms with Crippen LogP contribution in [0.25, 0.3) is 0 Å². The summed E-state index contributed by atoms with van der Waals surface area (Å²) in [5, 5.41) is 28.6. The van der Waals surface area contributed by atoms with Gasteiger partial charge in [0, 0.05) is 14.2 Å². The lowest BCUT2D eigenvalue weighted by Crippen LogP contribution is -2.56. The molecule has 0 saturated heterocycles. The number of rotatable bonds is 4. The minimum absolute atomic E-state index is 0.164. The molecule has 0 spiro atoms. The van der Waals surface area contributed by atoms with Crippen molar-refractivity contribution in [3.8, 4) is 0 Å². The lowest BCUT2D eigenvalue weighted by atomic mass is 9.93. The third kappa shape index (κ3) is 1.93. The smallest absolute Gasteiger partial charge is 0.248 e. The first kappa shape index (κ1) is 13.0. The summed E-state index contributed by atoms with van der Waals surface area (Å²) in [5.74, 6) is -4.22. The largest absolute Gasteiger partial charge is 0.381 e. The third-order valence-corrected chi connectivity index (χ3v) is 2.45. The number of carbonyl (C=O) groups is 1. The quantitative estimate of drug-likeness (QED) is 0.411. The highest BCUT2D eigenvalue weighted by Crippen LogP contribution is 2.33. The van der Waals surface area contributed by atoms with Crippen molar-refractivity contribution < 1.29 is 29.6 Å². The molecule has 0 heterocycles. The van der Waals surface area contributed by atoms with Gasteiger partial charge in [-0.15, -0.1) is 0 Å². The molecule has 6 nitrogen and oxygen atoms in total. The topological polar surface area (TPSA) is 96.2 Å². The molecule has 0 aromatic rings. The highest BCUT2D eigenvalue weighted by atomic mass is 16.7. The van der Waals surface area contributed by atoms with E-state index < -0.39 is 17.7 Å². The average molecular weight is 230 g/mol. The first-order chi connectivity index (χ1) is 7.42. The highest BCUT2D eigenvalue weighted by Gasteiger charge is 2.50. The molecule has 0 saturated carbocycles. The van der Waals surface area contributed by atoms with E-state index in [1.165, 1.54) is 20.3 Å². The molecule has 0 radical (unpaired) electrons. The van der Waals surface area contributed by atoms with Crippen molar-refractivity contribution in [1.82, 2.24) is 0 Å². The van der Waals surface area contributed by atoms with Gasteiger partial charge in [-0.3, -0.25) is 0 Å². The van der Waals surface area contributed by atoms with Crippen molar-refractivity contribution in [2.45, 2.75) is 17.7 Å². The minimum atomic E-state index is -2.37. The van der Waals surface area contributed by atoms with Crippen LogP contribution in [0.1, 0.15) is 0 Å². The summed E-state index contributed by atoms with van der Waals surface area (Å²) >= 11 is 0. The van der Waals surface area contributed by atoms with Crippen LogP contribution in [0.5, 0.6) is 0 Å². The number of aliphatic hydroxyl groups is 3. The molecular weight excluding hydrogens is 216 g/mol. The summed E-state index contributed by atoms with van der Waals surface area (Å²) in [6.07, 6.45) is 2.29. The van der Waals surface area contributed by atoms with Crippen LogP contribution in [0, 0.1) is 0 Å². The van der Waals surface area contributed by atoms with Crippen LogP contribution in [-0.2, 0) is 14.3 Å². The van der Waals surface area contributed by atoms with E-state index in [1.54, 1.807) is 0 Å². The maximum absolute atomic E-state index is 10.4. The van der Waals surface area contributed by atoms with Gasteiger partial charge in [-0.2, -0.15) is 0 Å². The Bertz CT molecular complexity index is 326. The Balaban J connectivity index is 3.17. The number of methoxy groups -OCH3 is 2. The van der Waals surface area contributed by atoms with Crippen molar-refractivity contribution in [2.24, 2.45) is 0 Å². The molecular formula is C10H14O6. The molecule has 1 unspecified atom stereocenters. The van der Waals surface area contributed by atoms with Crippen molar-refractivity contribution >= 4 is 6.29 Å². The molecule has 1 rings (SSSR count). The molecule has 0 aromatic carbocycles. The van der Waals surface area contributed by atoms with Gasteiger partial charge >= 0.3 is 0 Å². The number of hydrogen-bond donors (Lipinski definition) is 3. The van der Waals surface area contributed by atoms with Crippen molar-refractivity contribution in [2.75, 3.05) is 14.2 Å². The van der Waals surface area contributed by atoms with Gasteiger partial charge in [0.1, 0.15) is 6.10 Å². The van der Waals surface area contributed by atoms with Gasteiger partial charge in [0.05, 0.1) is 0 Å². The molecule has 6 heteroatoms. The molecule has 0 aliphatic heterocycles. The SMILES string of the molecule is COC1(OC)C=C(C(O)C=O)C=CC1(O)O. The second-order valence-electron chi connectivity index (χ2n) is 3.36. The maximum atomic E-state index is 10.4. The Kier molecular flexibility index (Phi) is 3.61. The lowest BCUT2D eigenvalue weighted by molar-refractivity contribution is -0.328. The van der Waals surface area contributed by atoms with E-state index in [2.05, 4.69) is 0 Å². The first-order valence-corrected chi connectivity index (χ1v) is 4.53. The summed E-state index contributed by atoms with van der Waals surface area (Å²) in [6.45, 7) is 0. The highest BCUT2D eigenvalue weighted by molar-refractivity contribution is 5.64. The molecule has 0 amide bonds. The van der Waals surface area contributed by atoms with Gasteiger partial charge in [-0.05, 0) is 17.7 Å². The molecule has 0 bridgehead atoms. The summed E-state index contributed by atoms with van der Waals surface area (Å²) in [6, 6.07) is 0. The second kappa shape index (κ2) is 4.44. The number of aliphatic hydroxyl groups excluding tert-OH is 1. The standard InChI is InChI=1S/C10H14O6/c1-15-10(16-2)5-7(8(12)6-11)3-4-9(10,13)14/h3-6,8,12-14H,1-2H3. The fourth-order valence-electron chi connectivity index (χ4n) is 1.47. The van der Waals surface area contributed by atoms with Crippen molar-refractivity contribution in [3.63, 3.8) is 0 Å². The molecule has 90 valence electrons. The Labute approximate surface area is 92.4 Å². The van der Waals surface area contributed by atoms with E-state index in [1.807, 2.05) is 0 Å². The monoisotopic (exact) mass is 230 g/mol. The van der Waals surface area contributed by atoms with Crippen LogP contribution >= 0.6 is 0 Å². The van der Waals surface area contributed by atoms with Crippen LogP contribution < -0.4 is 0 Å². The van der Waals surface area contributed by atoms with E-state index in [0.29, 0.717) is 6.29 Å². The van der Waals surface area contributed by atoms with Gasteiger partial charge in [-0.25, -0.2) is 0 Å². The normalized spacial score (nSPS) is 23.7. The summed E-state index contributed by atoms with van der Waals surface area (Å²) in [7, 11) is 2.43. The number of aldehydes is 1. The zero-order valence-electron chi connectivity index (χ0n) is 8.95. The second-order valence-corrected chi connectivity index (χ2v) is 3.36. The van der Waals surface area contributed by atoms with Crippen molar-refractivity contribution in [1.29, 1.82) is 0 Å². The van der Waals surface area contributed by atoms with Crippen LogP contribution in [-0.4, -0.2) is 53.5 Å². The van der Waals surface area contributed by atoms with Gasteiger partial charge in [0.25, 0.3) is 0 Å². The van der Waals surface area contributed by atoms with E-state index in [-0.39, 0.29) is 5.57 Å². The zero-order chi connectivity index (χ0) is 12.4. The predicted octanol–water partition coefficient (Wildman–Crippen LogP) is -1.29. The molecule has 16 heavy (non-hydrogen) atoms.